The molecule has 0 N–H and O–H groups in total. The van der Waals surface area contributed by atoms with Gasteiger partial charge in [0, 0.05) is 0 Å². The minimum Gasteiger partial charge on any atom is -0.823 e. The molecule has 106 valence electrons. The number of ether oxygens (including phenoxy) is 3. The average Bonchev–Trinajstić information content (AvgIpc) is 2.42. The van der Waals surface area contributed by atoms with Crippen molar-refractivity contribution in [2.45, 2.75) is 13.8 Å². The molecule has 0 bridgehead atoms. The molecule has 1 aromatic rings. The maximum Gasteiger partial charge on any atom is 0.170 e. The first-order chi connectivity index (χ1) is 9.04. The molecule has 0 amide bonds. The quantitative estimate of drug-likeness (QED) is 0.751. The second-order valence-electron chi connectivity index (χ2n) is 4.42. The Hall–Kier alpha value is -1.25. The molecule has 0 saturated carbocycles. The molecule has 0 aliphatic carbocycles. The Morgan fingerprint density at radius 1 is 1.11 bits per heavy atom. The normalized spacial score (nSPS) is 11.6. The number of hydrogen-bond acceptors (Lipinski definition) is 4. The van der Waals surface area contributed by atoms with Gasteiger partial charge in [0.2, 0.25) is 0 Å². The second-order valence-corrected chi connectivity index (χ2v) is 5.51. The van der Waals surface area contributed by atoms with Gasteiger partial charge in [-0.05, 0) is 24.2 Å². The van der Waals surface area contributed by atoms with Crippen LogP contribution in [-0.2, 0) is 0 Å². The zero-order valence-corrected chi connectivity index (χ0v) is 12.9. The van der Waals surface area contributed by atoms with E-state index in [1.807, 2.05) is 0 Å². The highest BCUT2D eigenvalue weighted by atomic mass is 31.1. The van der Waals surface area contributed by atoms with E-state index in [0.717, 1.165) is 14.4 Å². The van der Waals surface area contributed by atoms with Crippen LogP contribution in [0.2, 0.25) is 0 Å². The van der Waals surface area contributed by atoms with Gasteiger partial charge in [-0.25, -0.2) is 0 Å². The summed E-state index contributed by atoms with van der Waals surface area (Å²) >= 11 is 0. The molecule has 0 heterocycles. The van der Waals surface area contributed by atoms with Gasteiger partial charge in [-0.1, -0.05) is 13.8 Å². The second kappa shape index (κ2) is 7.37. The molecule has 0 unspecified atom stereocenters. The van der Waals surface area contributed by atoms with Gasteiger partial charge in [-0.3, -0.25) is 0 Å². The van der Waals surface area contributed by atoms with Crippen molar-refractivity contribution in [3.8, 4) is 17.2 Å². The van der Waals surface area contributed by atoms with E-state index >= 15 is 0 Å². The third-order valence-electron chi connectivity index (χ3n) is 2.54. The van der Waals surface area contributed by atoms with E-state index in [9.17, 15) is 5.11 Å². The summed E-state index contributed by atoms with van der Waals surface area (Å²) in [6, 6.07) is 3.45. The predicted molar refractivity (Wildman–Crippen MR) is 76.8 cm³/mol. The third kappa shape index (κ3) is 3.85. The Morgan fingerprint density at radius 3 is 2.16 bits per heavy atom. The van der Waals surface area contributed by atoms with E-state index in [1.54, 1.807) is 19.2 Å². The largest absolute Gasteiger partial charge is 0.823 e. The Labute approximate surface area is 116 Å². The van der Waals surface area contributed by atoms with Gasteiger partial charge >= 0.3 is 0 Å². The lowest BCUT2D eigenvalue weighted by Crippen LogP contribution is -2.19. The van der Waals surface area contributed by atoms with Crippen molar-refractivity contribution < 1.29 is 19.3 Å². The molecular weight excluding hydrogens is 263 g/mol. The summed E-state index contributed by atoms with van der Waals surface area (Å²) in [6.07, 6.45) is 0.808. The minimum atomic E-state index is -0.0127. The Morgan fingerprint density at radius 2 is 1.68 bits per heavy atom. The molecule has 19 heavy (non-hydrogen) atoms. The molecule has 0 spiro atoms. The summed E-state index contributed by atoms with van der Waals surface area (Å²) in [5.74, 6) is 1.95. The van der Waals surface area contributed by atoms with E-state index < -0.39 is 0 Å². The zero-order valence-electron chi connectivity index (χ0n) is 12.0. The number of rotatable bonds is 6. The summed E-state index contributed by atoms with van der Waals surface area (Å²) in [7, 11) is 5.34. The summed E-state index contributed by atoms with van der Waals surface area (Å²) < 4.78 is 15.8. The lowest BCUT2D eigenvalue weighted by molar-refractivity contribution is -0.207. The van der Waals surface area contributed by atoms with Crippen LogP contribution >= 0.6 is 8.20 Å². The van der Waals surface area contributed by atoms with E-state index in [1.165, 1.54) is 14.2 Å². The fourth-order valence-electron chi connectivity index (χ4n) is 1.63. The molecule has 5 heteroatoms. The van der Waals surface area contributed by atoms with Crippen LogP contribution in [0.4, 0.5) is 0 Å². The van der Waals surface area contributed by atoms with Crippen molar-refractivity contribution in [1.29, 1.82) is 0 Å². The number of benzene rings is 1. The van der Waals surface area contributed by atoms with Crippen LogP contribution in [0, 0.1) is 5.92 Å². The highest BCUT2D eigenvalue weighted by Crippen LogP contribution is 2.38. The van der Waals surface area contributed by atoms with E-state index in [4.69, 9.17) is 14.2 Å². The molecule has 0 aromatic heterocycles. The lowest BCUT2D eigenvalue weighted by Gasteiger charge is -2.21. The van der Waals surface area contributed by atoms with Gasteiger partial charge in [-0.2, -0.15) is 0 Å². The fraction of sp³-hybridized carbons (Fsp3) is 0.500. The third-order valence-corrected chi connectivity index (χ3v) is 3.96. The first kappa shape index (κ1) is 15.8. The predicted octanol–water partition coefficient (Wildman–Crippen LogP) is 2.15. The van der Waals surface area contributed by atoms with Gasteiger partial charge in [0.05, 0.1) is 26.9 Å². The van der Waals surface area contributed by atoms with Crippen molar-refractivity contribution in [1.82, 2.24) is 0 Å². The zero-order chi connectivity index (χ0) is 14.4. The Balaban J connectivity index is 3.32. The molecule has 1 rings (SSSR count). The molecule has 4 nitrogen and oxygen atoms in total. The molecule has 0 atom stereocenters. The maximum absolute atomic E-state index is 12.3. The number of hydrogen-bond donors (Lipinski definition) is 0. The smallest absolute Gasteiger partial charge is 0.170 e. The molecule has 0 aliphatic rings. The first-order valence-corrected chi connectivity index (χ1v) is 7.13. The van der Waals surface area contributed by atoms with Crippen molar-refractivity contribution >= 4 is 13.7 Å². The van der Waals surface area contributed by atoms with E-state index in [0.29, 0.717) is 28.7 Å². The van der Waals surface area contributed by atoms with E-state index in [-0.39, 0.29) is 5.48 Å². The highest BCUT2D eigenvalue weighted by molar-refractivity contribution is 7.40. The van der Waals surface area contributed by atoms with Crippen LogP contribution in [0.5, 0.6) is 17.2 Å². The van der Waals surface area contributed by atoms with Crippen LogP contribution in [0.15, 0.2) is 12.1 Å². The summed E-state index contributed by atoms with van der Waals surface area (Å²) in [5, 5.41) is 12.3. The highest BCUT2D eigenvalue weighted by Gasteiger charge is 2.14. The fourth-order valence-corrected chi connectivity index (χ4v) is 2.53. The molecule has 0 fully saturated rings. The van der Waals surface area contributed by atoms with Crippen molar-refractivity contribution in [2.24, 2.45) is 5.92 Å². The van der Waals surface area contributed by atoms with Gasteiger partial charge in [0.15, 0.2) is 11.5 Å². The van der Waals surface area contributed by atoms with Crippen molar-refractivity contribution in [3.05, 3.63) is 17.7 Å². The summed E-state index contributed by atoms with van der Waals surface area (Å²) in [6.45, 7) is 4.17. The van der Waals surface area contributed by atoms with Crippen LogP contribution in [0.1, 0.15) is 19.4 Å². The van der Waals surface area contributed by atoms with Crippen molar-refractivity contribution in [2.75, 3.05) is 27.5 Å². The Bertz CT molecular complexity index is 455. The monoisotopic (exact) mass is 283 g/mol. The van der Waals surface area contributed by atoms with Crippen LogP contribution in [0.25, 0.3) is 0 Å². The molecule has 0 aliphatic heterocycles. The summed E-state index contributed by atoms with van der Waals surface area (Å²) in [5.41, 5.74) is 0.438. The Kier molecular flexibility index (Phi) is 6.13. The summed E-state index contributed by atoms with van der Waals surface area (Å²) in [4.78, 5) is 0. The molecular formula is C14H20O4P-. The molecule has 0 saturated heterocycles. The number of methoxy groups -OCH3 is 3. The van der Waals surface area contributed by atoms with Gasteiger partial charge < -0.3 is 19.3 Å². The topological polar surface area (TPSA) is 50.8 Å². The van der Waals surface area contributed by atoms with E-state index in [2.05, 4.69) is 13.8 Å². The standard InChI is InChI=1S/C14H21O4P/c1-9(2)8-19-14(15)12-10(16-3)6-7-11(17-4)13(12)18-5/h6-7,9,15H,8H2,1-5H3/p-1. The van der Waals surface area contributed by atoms with Crippen molar-refractivity contribution in [3.63, 3.8) is 0 Å². The van der Waals surface area contributed by atoms with Gasteiger partial charge in [-0.15, -0.1) is 13.7 Å². The molecule has 1 aromatic carbocycles. The van der Waals surface area contributed by atoms with Crippen LogP contribution in [0.3, 0.4) is 0 Å². The van der Waals surface area contributed by atoms with Crippen LogP contribution in [-0.4, -0.2) is 33.0 Å². The van der Waals surface area contributed by atoms with Gasteiger partial charge in [0.25, 0.3) is 0 Å². The minimum absolute atomic E-state index is 0.0127. The maximum atomic E-state index is 12.3. The van der Waals surface area contributed by atoms with Crippen LogP contribution < -0.4 is 19.3 Å². The first-order valence-electron chi connectivity index (χ1n) is 6.05. The molecule has 0 radical (unpaired) electrons. The SMILES string of the molecule is COc1ccc(OC)c(C([O-])=PCC(C)C)c1OC. The van der Waals surface area contributed by atoms with Gasteiger partial charge in [0.1, 0.15) is 5.75 Å². The average molecular weight is 283 g/mol. The lowest BCUT2D eigenvalue weighted by atomic mass is 10.1.